The highest BCUT2D eigenvalue weighted by Crippen LogP contribution is 2.37. The summed E-state index contributed by atoms with van der Waals surface area (Å²) >= 11 is 7.26. The van der Waals surface area contributed by atoms with Gasteiger partial charge in [-0.15, -0.1) is 0 Å². The molecule has 4 rings (SSSR count). The Labute approximate surface area is 181 Å². The number of aromatic nitrogens is 1. The Morgan fingerprint density at radius 2 is 1.43 bits per heavy atom. The monoisotopic (exact) mass is 491 g/mol. The normalized spacial score (nSPS) is 12.7. The Balaban J connectivity index is 2.18. The van der Waals surface area contributed by atoms with Gasteiger partial charge in [0.15, 0.2) is 0 Å². The maximum Gasteiger partial charge on any atom is 0.0542 e. The van der Waals surface area contributed by atoms with Crippen LogP contribution in [-0.2, 0) is 0 Å². The number of halogens is 2. The van der Waals surface area contributed by atoms with E-state index < -0.39 is 0 Å². The first-order valence-electron chi connectivity index (χ1n) is 9.08. The smallest absolute Gasteiger partial charge is 0.0542 e. The van der Waals surface area contributed by atoms with E-state index in [1.807, 2.05) is 19.1 Å². The summed E-state index contributed by atoms with van der Waals surface area (Å²) in [6, 6.07) is 23.3. The van der Waals surface area contributed by atoms with Gasteiger partial charge in [-0.3, -0.25) is 0 Å². The van der Waals surface area contributed by atoms with E-state index in [-0.39, 0.29) is 0 Å². The van der Waals surface area contributed by atoms with E-state index >= 15 is 0 Å². The van der Waals surface area contributed by atoms with Crippen molar-refractivity contribution in [2.75, 3.05) is 0 Å². The lowest BCUT2D eigenvalue weighted by atomic mass is 10.0. The summed E-state index contributed by atoms with van der Waals surface area (Å²) < 4.78 is 4.47. The van der Waals surface area contributed by atoms with Crippen molar-refractivity contribution in [1.29, 1.82) is 0 Å². The van der Waals surface area contributed by atoms with Crippen LogP contribution in [0.4, 0.5) is 0 Å². The Hall–Kier alpha value is -2.36. The molecule has 1 aromatic heterocycles. The molecule has 0 fully saturated rings. The van der Waals surface area contributed by atoms with Crippen LogP contribution in [0.15, 0.2) is 100 Å². The number of fused-ring (bicyclic) bond motifs is 3. The first-order valence-corrected chi connectivity index (χ1v) is 10.7. The largest absolute Gasteiger partial charge is 0.309 e. The van der Waals surface area contributed by atoms with E-state index in [1.165, 1.54) is 21.8 Å². The fourth-order valence-electron chi connectivity index (χ4n) is 3.66. The Kier molecular flexibility index (Phi) is 5.38. The Morgan fingerprint density at radius 3 is 1.93 bits per heavy atom. The molecule has 0 saturated carbocycles. The summed E-state index contributed by atoms with van der Waals surface area (Å²) in [6.07, 6.45) is 6.18. The first-order chi connectivity index (χ1) is 13.6. The lowest BCUT2D eigenvalue weighted by Gasteiger charge is -2.14. The van der Waals surface area contributed by atoms with Gasteiger partial charge in [-0.25, -0.2) is 0 Å². The lowest BCUT2D eigenvalue weighted by molar-refractivity contribution is 1.24. The van der Waals surface area contributed by atoms with Crippen molar-refractivity contribution in [2.24, 2.45) is 0 Å². The van der Waals surface area contributed by atoms with Crippen molar-refractivity contribution in [3.05, 3.63) is 106 Å². The minimum atomic E-state index is 1.07. The van der Waals surface area contributed by atoms with E-state index in [0.29, 0.717) is 0 Å². The van der Waals surface area contributed by atoms with Gasteiger partial charge in [0.25, 0.3) is 0 Å². The number of benzene rings is 3. The Morgan fingerprint density at radius 1 is 0.857 bits per heavy atom. The predicted molar refractivity (Wildman–Crippen MR) is 129 cm³/mol. The number of allylic oxidation sites excluding steroid dienone is 5. The third-order valence-electron chi connectivity index (χ3n) is 4.82. The van der Waals surface area contributed by atoms with Gasteiger partial charge < -0.3 is 4.57 Å². The van der Waals surface area contributed by atoms with Gasteiger partial charge in [-0.05, 0) is 55.0 Å². The van der Waals surface area contributed by atoms with Crippen molar-refractivity contribution >= 4 is 64.9 Å². The minimum Gasteiger partial charge on any atom is -0.309 e. The van der Waals surface area contributed by atoms with E-state index in [1.54, 1.807) is 0 Å². The molecule has 0 spiro atoms. The summed E-state index contributed by atoms with van der Waals surface area (Å²) in [5, 5.41) is 2.42. The van der Waals surface area contributed by atoms with Crippen LogP contribution in [0, 0.1) is 0 Å². The number of nitrogens with zero attached hydrogens (tertiary/aromatic N) is 1. The molecular formula is C25H19Br2N. The molecule has 3 heteroatoms. The summed E-state index contributed by atoms with van der Waals surface area (Å²) in [5.41, 5.74) is 5.69. The van der Waals surface area contributed by atoms with Gasteiger partial charge in [-0.1, -0.05) is 80.9 Å². The molecule has 1 nitrogen and oxygen atoms in total. The van der Waals surface area contributed by atoms with Gasteiger partial charge in [0, 0.05) is 25.3 Å². The highest BCUT2D eigenvalue weighted by molar-refractivity contribution is 9.10. The fourth-order valence-corrected chi connectivity index (χ4v) is 4.38. The molecular weight excluding hydrogens is 474 g/mol. The highest BCUT2D eigenvalue weighted by Gasteiger charge is 2.16. The lowest BCUT2D eigenvalue weighted by Crippen LogP contribution is -1.98. The highest BCUT2D eigenvalue weighted by atomic mass is 79.9. The molecule has 0 aliphatic rings. The zero-order valence-corrected chi connectivity index (χ0v) is 18.7. The maximum absolute atomic E-state index is 4.12. The molecule has 3 aromatic carbocycles. The molecule has 28 heavy (non-hydrogen) atoms. The maximum atomic E-state index is 4.12. The second-order valence-corrected chi connectivity index (χ2v) is 8.36. The minimum absolute atomic E-state index is 1.07. The average molecular weight is 493 g/mol. The molecule has 0 aliphatic heterocycles. The second kappa shape index (κ2) is 7.94. The zero-order valence-electron chi connectivity index (χ0n) is 15.5. The van der Waals surface area contributed by atoms with Crippen LogP contribution in [0.25, 0.3) is 33.1 Å². The van der Waals surface area contributed by atoms with Crippen LogP contribution < -0.4 is 0 Å². The topological polar surface area (TPSA) is 4.93 Å². The van der Waals surface area contributed by atoms with Crippen LogP contribution in [0.5, 0.6) is 0 Å². The van der Waals surface area contributed by atoms with E-state index in [2.05, 4.69) is 116 Å². The molecule has 138 valence electrons. The average Bonchev–Trinajstić information content (AvgIpc) is 3.01. The van der Waals surface area contributed by atoms with Crippen LogP contribution in [0.3, 0.4) is 0 Å². The van der Waals surface area contributed by atoms with Crippen molar-refractivity contribution in [2.45, 2.75) is 6.92 Å². The van der Waals surface area contributed by atoms with Gasteiger partial charge >= 0.3 is 0 Å². The SMILES string of the molecule is C=C/C(=C(\C=C/C)n1c2ccc(Br)cc2c2cc(Br)ccc21)c1ccccc1. The van der Waals surface area contributed by atoms with Crippen LogP contribution in [0.1, 0.15) is 12.5 Å². The van der Waals surface area contributed by atoms with Gasteiger partial charge in [0.1, 0.15) is 0 Å². The van der Waals surface area contributed by atoms with Crippen molar-refractivity contribution in [1.82, 2.24) is 4.57 Å². The molecule has 0 atom stereocenters. The number of hydrogen-bond acceptors (Lipinski definition) is 0. The third kappa shape index (κ3) is 3.30. The molecule has 0 bridgehead atoms. The first kappa shape index (κ1) is 19.0. The molecule has 0 radical (unpaired) electrons. The molecule has 4 aromatic rings. The quantitative estimate of drug-likeness (QED) is 0.252. The van der Waals surface area contributed by atoms with Gasteiger partial charge in [-0.2, -0.15) is 0 Å². The molecule has 0 amide bonds. The Bertz CT molecular complexity index is 1180. The van der Waals surface area contributed by atoms with E-state index in [0.717, 1.165) is 25.8 Å². The van der Waals surface area contributed by atoms with Crippen LogP contribution >= 0.6 is 31.9 Å². The van der Waals surface area contributed by atoms with Crippen LogP contribution in [0.2, 0.25) is 0 Å². The predicted octanol–water partition coefficient (Wildman–Crippen LogP) is 8.45. The molecule has 0 unspecified atom stereocenters. The standard InChI is InChI=1S/C25H19Br2N/c1-3-8-23(20(4-2)17-9-6-5-7-10-17)28-24-13-11-18(26)15-21(24)22-16-19(27)12-14-25(22)28/h3-16H,2H2,1H3/b8-3-,23-20-. The van der Waals surface area contributed by atoms with Crippen molar-refractivity contribution in [3.63, 3.8) is 0 Å². The fraction of sp³-hybridized carbons (Fsp3) is 0.0400. The summed E-state index contributed by atoms with van der Waals surface area (Å²) in [4.78, 5) is 0. The van der Waals surface area contributed by atoms with E-state index in [9.17, 15) is 0 Å². The molecule has 1 heterocycles. The summed E-state index contributed by atoms with van der Waals surface area (Å²) in [6.45, 7) is 6.17. The van der Waals surface area contributed by atoms with Gasteiger partial charge in [0.05, 0.1) is 16.7 Å². The van der Waals surface area contributed by atoms with Gasteiger partial charge in [0.2, 0.25) is 0 Å². The molecule has 0 saturated heterocycles. The summed E-state index contributed by atoms with van der Waals surface area (Å²) in [7, 11) is 0. The number of hydrogen-bond donors (Lipinski definition) is 0. The zero-order chi connectivity index (χ0) is 19.7. The van der Waals surface area contributed by atoms with Crippen molar-refractivity contribution < 1.29 is 0 Å². The molecule has 0 N–H and O–H groups in total. The summed E-state index contributed by atoms with van der Waals surface area (Å²) in [5.74, 6) is 0. The third-order valence-corrected chi connectivity index (χ3v) is 5.81. The number of rotatable bonds is 4. The van der Waals surface area contributed by atoms with Crippen molar-refractivity contribution in [3.8, 4) is 0 Å². The van der Waals surface area contributed by atoms with E-state index in [4.69, 9.17) is 0 Å². The second-order valence-electron chi connectivity index (χ2n) is 6.53. The van der Waals surface area contributed by atoms with Crippen LogP contribution in [-0.4, -0.2) is 4.57 Å². The molecule has 0 aliphatic carbocycles.